The molecule has 0 radical (unpaired) electrons. The zero-order valence-corrected chi connectivity index (χ0v) is 16.0. The number of benzene rings is 1. The second-order valence-corrected chi connectivity index (χ2v) is 8.59. The summed E-state index contributed by atoms with van der Waals surface area (Å²) in [6, 6.07) is 6.01. The molecule has 3 heteroatoms. The molecule has 1 aromatic rings. The number of halogens is 2. The largest absolute Gasteiger partial charge is 0.192 e. The van der Waals surface area contributed by atoms with Crippen molar-refractivity contribution < 1.29 is 0 Å². The predicted octanol–water partition coefficient (Wildman–Crippen LogP) is 7.36. The highest BCUT2D eigenvalue weighted by atomic mass is 35.5. The molecular weight excluding hydrogens is 337 g/mol. The summed E-state index contributed by atoms with van der Waals surface area (Å²) < 4.78 is 0. The smallest absolute Gasteiger partial charge is 0.102 e. The van der Waals surface area contributed by atoms with Crippen LogP contribution in [-0.4, -0.2) is 0 Å². The highest BCUT2D eigenvalue weighted by Gasteiger charge is 2.31. The molecule has 0 aliphatic heterocycles. The van der Waals surface area contributed by atoms with E-state index in [4.69, 9.17) is 28.5 Å². The van der Waals surface area contributed by atoms with Gasteiger partial charge >= 0.3 is 0 Å². The lowest BCUT2D eigenvalue weighted by Crippen LogP contribution is -2.25. The highest BCUT2D eigenvalue weighted by Crippen LogP contribution is 2.45. The molecule has 0 N–H and O–H groups in total. The first-order valence-corrected chi connectivity index (χ1v) is 10.3. The molecule has 2 fully saturated rings. The second kappa shape index (κ2) is 8.11. The van der Waals surface area contributed by atoms with Crippen molar-refractivity contribution in [2.24, 2.45) is 17.8 Å². The fourth-order valence-electron chi connectivity index (χ4n) is 4.93. The monoisotopic (exact) mass is 363 g/mol. The molecule has 0 bridgehead atoms. The molecular formula is C21H27Cl2N. The van der Waals surface area contributed by atoms with Crippen molar-refractivity contribution in [1.82, 2.24) is 0 Å². The van der Waals surface area contributed by atoms with Crippen molar-refractivity contribution in [2.45, 2.75) is 70.6 Å². The van der Waals surface area contributed by atoms with E-state index in [2.05, 4.69) is 13.0 Å². The molecule has 2 aliphatic carbocycles. The van der Waals surface area contributed by atoms with Crippen LogP contribution in [0.1, 0.15) is 81.8 Å². The van der Waals surface area contributed by atoms with E-state index in [-0.39, 0.29) is 0 Å². The predicted molar refractivity (Wildman–Crippen MR) is 102 cm³/mol. The molecule has 0 unspecified atom stereocenters. The second-order valence-electron chi connectivity index (χ2n) is 7.77. The standard InChI is InChI=1S/C21H27Cl2N/c1-2-14-3-5-15(6-4-14)16-7-9-17(10-8-16)18-11-20(22)19(13-24)21(23)12-18/h11-12,14-17H,2-10H2,1H3/t14-,15-,16?,17?. The minimum atomic E-state index is 0.406. The molecule has 0 saturated heterocycles. The number of nitriles is 1. The maximum Gasteiger partial charge on any atom is 0.102 e. The Morgan fingerprint density at radius 1 is 0.917 bits per heavy atom. The summed E-state index contributed by atoms with van der Waals surface area (Å²) in [5, 5.41) is 10.1. The normalized spacial score (nSPS) is 30.8. The van der Waals surface area contributed by atoms with E-state index in [1.807, 2.05) is 12.1 Å². The SMILES string of the molecule is CC[C@H]1CC[C@H](C2CCC(c3cc(Cl)c(C#N)c(Cl)c3)CC2)CC1. The zero-order valence-electron chi connectivity index (χ0n) is 14.5. The molecule has 130 valence electrons. The molecule has 1 nitrogen and oxygen atoms in total. The van der Waals surface area contributed by atoms with Crippen LogP contribution in [0, 0.1) is 29.1 Å². The highest BCUT2D eigenvalue weighted by molar-refractivity contribution is 6.36. The zero-order chi connectivity index (χ0) is 17.1. The van der Waals surface area contributed by atoms with Gasteiger partial charge in [0.15, 0.2) is 0 Å². The van der Waals surface area contributed by atoms with Gasteiger partial charge in [0.2, 0.25) is 0 Å². The fraction of sp³-hybridized carbons (Fsp3) is 0.667. The van der Waals surface area contributed by atoms with Gasteiger partial charge in [-0.3, -0.25) is 0 Å². The Morgan fingerprint density at radius 2 is 1.42 bits per heavy atom. The van der Waals surface area contributed by atoms with Gasteiger partial charge in [-0.2, -0.15) is 5.26 Å². The molecule has 0 aromatic heterocycles. The van der Waals surface area contributed by atoms with Crippen LogP contribution >= 0.6 is 23.2 Å². The maximum atomic E-state index is 9.10. The van der Waals surface area contributed by atoms with Crippen LogP contribution in [0.4, 0.5) is 0 Å². The topological polar surface area (TPSA) is 23.8 Å². The van der Waals surface area contributed by atoms with Crippen molar-refractivity contribution in [3.05, 3.63) is 33.3 Å². The Bertz CT molecular complexity index is 580. The lowest BCUT2D eigenvalue weighted by Gasteiger charge is -2.38. The van der Waals surface area contributed by atoms with E-state index in [9.17, 15) is 0 Å². The molecule has 0 spiro atoms. The summed E-state index contributed by atoms with van der Waals surface area (Å²) in [7, 11) is 0. The Balaban J connectivity index is 1.59. The van der Waals surface area contributed by atoms with Crippen molar-refractivity contribution in [1.29, 1.82) is 5.26 Å². The van der Waals surface area contributed by atoms with Crippen molar-refractivity contribution in [3.8, 4) is 6.07 Å². The third kappa shape index (κ3) is 3.92. The number of hydrogen-bond acceptors (Lipinski definition) is 1. The van der Waals surface area contributed by atoms with Crippen LogP contribution in [0.3, 0.4) is 0 Å². The fourth-order valence-corrected chi connectivity index (χ4v) is 5.52. The van der Waals surface area contributed by atoms with Gasteiger partial charge in [0.25, 0.3) is 0 Å². The van der Waals surface area contributed by atoms with Crippen LogP contribution in [0.5, 0.6) is 0 Å². The van der Waals surface area contributed by atoms with Gasteiger partial charge in [-0.05, 0) is 79.9 Å². The quantitative estimate of drug-likeness (QED) is 0.550. The van der Waals surface area contributed by atoms with E-state index >= 15 is 0 Å². The third-order valence-electron chi connectivity index (χ3n) is 6.55. The van der Waals surface area contributed by atoms with Crippen molar-refractivity contribution >= 4 is 23.2 Å². The molecule has 2 aliphatic rings. The van der Waals surface area contributed by atoms with Gasteiger partial charge in [0.1, 0.15) is 6.07 Å². The van der Waals surface area contributed by atoms with Crippen molar-refractivity contribution in [3.63, 3.8) is 0 Å². The van der Waals surface area contributed by atoms with E-state index in [1.54, 1.807) is 0 Å². The van der Waals surface area contributed by atoms with Gasteiger partial charge in [0.05, 0.1) is 15.6 Å². The van der Waals surface area contributed by atoms with Gasteiger partial charge < -0.3 is 0 Å². The van der Waals surface area contributed by atoms with Crippen LogP contribution in [-0.2, 0) is 0 Å². The lowest BCUT2D eigenvalue weighted by molar-refractivity contribution is 0.158. The summed E-state index contributed by atoms with van der Waals surface area (Å²) in [5.41, 5.74) is 1.63. The maximum absolute atomic E-state index is 9.10. The van der Waals surface area contributed by atoms with Crippen LogP contribution in [0.15, 0.2) is 12.1 Å². The Kier molecular flexibility index (Phi) is 6.12. The number of rotatable bonds is 3. The van der Waals surface area contributed by atoms with E-state index in [0.717, 1.165) is 17.8 Å². The van der Waals surface area contributed by atoms with Gasteiger partial charge in [-0.15, -0.1) is 0 Å². The molecule has 3 rings (SSSR count). The summed E-state index contributed by atoms with van der Waals surface area (Å²) >= 11 is 12.4. The van der Waals surface area contributed by atoms with E-state index in [0.29, 0.717) is 21.5 Å². The summed E-state index contributed by atoms with van der Waals surface area (Å²) in [4.78, 5) is 0. The van der Waals surface area contributed by atoms with Crippen LogP contribution in [0.25, 0.3) is 0 Å². The van der Waals surface area contributed by atoms with Crippen LogP contribution in [0.2, 0.25) is 10.0 Å². The lowest BCUT2D eigenvalue weighted by atomic mass is 9.68. The Labute approximate surface area is 156 Å². The molecule has 0 heterocycles. The average Bonchev–Trinajstić information content (AvgIpc) is 2.62. The van der Waals surface area contributed by atoms with Gasteiger partial charge in [-0.25, -0.2) is 0 Å². The van der Waals surface area contributed by atoms with Crippen molar-refractivity contribution in [2.75, 3.05) is 0 Å². The summed E-state index contributed by atoms with van der Waals surface area (Å²) in [5.74, 6) is 3.42. The van der Waals surface area contributed by atoms with E-state index < -0.39 is 0 Å². The molecule has 24 heavy (non-hydrogen) atoms. The number of hydrogen-bond donors (Lipinski definition) is 0. The summed E-state index contributed by atoms with van der Waals surface area (Å²) in [6.45, 7) is 2.34. The number of nitrogens with zero attached hydrogens (tertiary/aromatic N) is 1. The molecule has 1 aromatic carbocycles. The molecule has 0 atom stereocenters. The van der Waals surface area contributed by atoms with Gasteiger partial charge in [0, 0.05) is 0 Å². The molecule has 2 saturated carbocycles. The minimum Gasteiger partial charge on any atom is -0.192 e. The third-order valence-corrected chi connectivity index (χ3v) is 7.15. The van der Waals surface area contributed by atoms with Crippen LogP contribution < -0.4 is 0 Å². The Morgan fingerprint density at radius 3 is 1.88 bits per heavy atom. The Hall–Kier alpha value is -0.710. The minimum absolute atomic E-state index is 0.406. The molecule has 0 amide bonds. The van der Waals surface area contributed by atoms with Gasteiger partial charge in [-0.1, -0.05) is 49.4 Å². The summed E-state index contributed by atoms with van der Waals surface area (Å²) in [6.07, 6.45) is 12.3. The first-order valence-electron chi connectivity index (χ1n) is 9.51. The van der Waals surface area contributed by atoms with E-state index in [1.165, 1.54) is 63.4 Å². The first-order chi connectivity index (χ1) is 11.6. The average molecular weight is 364 g/mol. The first kappa shape index (κ1) is 18.1.